The number of rotatable bonds is 7. The minimum absolute atomic E-state index is 0.830. The fourth-order valence-electron chi connectivity index (χ4n) is 3.33. The molecule has 0 radical (unpaired) electrons. The lowest BCUT2D eigenvalue weighted by molar-refractivity contribution is 0.321. The first-order valence-electron chi connectivity index (χ1n) is 8.06. The van der Waals surface area contributed by atoms with Crippen molar-refractivity contribution < 1.29 is 0 Å². The summed E-state index contributed by atoms with van der Waals surface area (Å²) < 4.78 is 0. The molecule has 1 unspecified atom stereocenters. The molecule has 1 aromatic carbocycles. The Labute approximate surface area is 118 Å². The number of aryl methyl sites for hydroxylation is 1. The third kappa shape index (κ3) is 4.65. The zero-order valence-corrected chi connectivity index (χ0v) is 12.6. The summed E-state index contributed by atoms with van der Waals surface area (Å²) in [6.45, 7) is 6.78. The van der Waals surface area contributed by atoms with Gasteiger partial charge in [-0.2, -0.15) is 0 Å². The normalized spacial score (nSPS) is 17.8. The molecule has 1 atom stereocenters. The fraction of sp³-hybridized carbons (Fsp3) is 0.667. The van der Waals surface area contributed by atoms with Crippen molar-refractivity contribution >= 4 is 0 Å². The molecule has 2 rings (SSSR count). The highest BCUT2D eigenvalue weighted by molar-refractivity contribution is 5.21. The Morgan fingerprint density at radius 1 is 1.16 bits per heavy atom. The number of nitrogens with one attached hydrogen (secondary N) is 1. The van der Waals surface area contributed by atoms with Crippen LogP contribution in [-0.2, 0) is 6.42 Å². The minimum atomic E-state index is 0.830. The van der Waals surface area contributed by atoms with Crippen molar-refractivity contribution in [3.05, 3.63) is 35.4 Å². The van der Waals surface area contributed by atoms with Crippen LogP contribution in [0.25, 0.3) is 0 Å². The van der Waals surface area contributed by atoms with E-state index in [0.717, 1.165) is 18.4 Å². The van der Waals surface area contributed by atoms with E-state index in [4.69, 9.17) is 0 Å². The van der Waals surface area contributed by atoms with E-state index in [1.54, 1.807) is 0 Å². The van der Waals surface area contributed by atoms with Gasteiger partial charge in [-0.05, 0) is 50.3 Å². The van der Waals surface area contributed by atoms with Crippen molar-refractivity contribution in [1.29, 1.82) is 0 Å². The molecule has 0 aliphatic heterocycles. The van der Waals surface area contributed by atoms with Gasteiger partial charge in [-0.1, -0.05) is 62.4 Å². The molecule has 1 aliphatic carbocycles. The van der Waals surface area contributed by atoms with Gasteiger partial charge in [0, 0.05) is 0 Å². The Balaban J connectivity index is 1.93. The third-order valence-electron chi connectivity index (χ3n) is 4.52. The quantitative estimate of drug-likeness (QED) is 0.718. The maximum Gasteiger partial charge on any atom is -0.00147 e. The second kappa shape index (κ2) is 7.69. The monoisotopic (exact) mass is 259 g/mol. The minimum Gasteiger partial charge on any atom is -0.316 e. The van der Waals surface area contributed by atoms with E-state index in [0.29, 0.717) is 0 Å². The number of hydrogen-bond acceptors (Lipinski definition) is 1. The Morgan fingerprint density at radius 3 is 2.47 bits per heavy atom. The van der Waals surface area contributed by atoms with E-state index in [9.17, 15) is 0 Å². The summed E-state index contributed by atoms with van der Waals surface area (Å²) in [6, 6.07) is 9.13. The molecule has 1 heteroatoms. The molecule has 0 heterocycles. The summed E-state index contributed by atoms with van der Waals surface area (Å²) >= 11 is 0. The first kappa shape index (κ1) is 14.6. The summed E-state index contributed by atoms with van der Waals surface area (Å²) in [5, 5.41) is 3.64. The third-order valence-corrected chi connectivity index (χ3v) is 4.52. The molecular formula is C18H29N. The average Bonchev–Trinajstić information content (AvgIpc) is 2.94. The Hall–Kier alpha value is -0.820. The van der Waals surface area contributed by atoms with Crippen molar-refractivity contribution in [1.82, 2.24) is 5.32 Å². The van der Waals surface area contributed by atoms with Gasteiger partial charge in [-0.3, -0.25) is 0 Å². The van der Waals surface area contributed by atoms with Crippen molar-refractivity contribution in [2.75, 3.05) is 13.1 Å². The molecule has 19 heavy (non-hydrogen) atoms. The summed E-state index contributed by atoms with van der Waals surface area (Å²) in [4.78, 5) is 0. The molecule has 1 aromatic rings. The van der Waals surface area contributed by atoms with E-state index in [-0.39, 0.29) is 0 Å². The van der Waals surface area contributed by atoms with E-state index in [1.165, 1.54) is 56.2 Å². The van der Waals surface area contributed by atoms with E-state index in [1.807, 2.05) is 0 Å². The molecule has 1 fully saturated rings. The highest BCUT2D eigenvalue weighted by Crippen LogP contribution is 2.33. The molecule has 1 saturated carbocycles. The average molecular weight is 259 g/mol. The van der Waals surface area contributed by atoms with Crippen LogP contribution in [0.1, 0.15) is 50.2 Å². The van der Waals surface area contributed by atoms with Crippen molar-refractivity contribution in [3.63, 3.8) is 0 Å². The van der Waals surface area contributed by atoms with Gasteiger partial charge in [0.25, 0.3) is 0 Å². The molecule has 0 aromatic heterocycles. The molecule has 0 bridgehead atoms. The van der Waals surface area contributed by atoms with E-state index in [2.05, 4.69) is 43.4 Å². The predicted molar refractivity (Wildman–Crippen MR) is 83.5 cm³/mol. The number of hydrogen-bond donors (Lipinski definition) is 1. The largest absolute Gasteiger partial charge is 0.316 e. The standard InChI is InChI=1S/C18H29N/c1-3-12-19-14-18(17-6-4-5-7-17)13-16-10-8-15(2)9-11-16/h8-11,17-19H,3-7,12-14H2,1-2H3. The SMILES string of the molecule is CCCNCC(Cc1ccc(C)cc1)C1CCCC1. The van der Waals surface area contributed by atoms with Gasteiger partial charge >= 0.3 is 0 Å². The highest BCUT2D eigenvalue weighted by atomic mass is 14.9. The zero-order valence-electron chi connectivity index (χ0n) is 12.6. The molecule has 106 valence electrons. The summed E-state index contributed by atoms with van der Waals surface area (Å²) in [7, 11) is 0. The van der Waals surface area contributed by atoms with E-state index < -0.39 is 0 Å². The van der Waals surface area contributed by atoms with Gasteiger partial charge < -0.3 is 5.32 Å². The van der Waals surface area contributed by atoms with Crippen LogP contribution in [-0.4, -0.2) is 13.1 Å². The molecule has 1 nitrogen and oxygen atoms in total. The second-order valence-electron chi connectivity index (χ2n) is 6.20. The summed E-state index contributed by atoms with van der Waals surface area (Å²) in [5.74, 6) is 1.78. The van der Waals surface area contributed by atoms with Gasteiger partial charge in [0.1, 0.15) is 0 Å². The molecule has 1 N–H and O–H groups in total. The van der Waals surface area contributed by atoms with Crippen LogP contribution < -0.4 is 5.32 Å². The highest BCUT2D eigenvalue weighted by Gasteiger charge is 2.24. The van der Waals surface area contributed by atoms with Crippen LogP contribution in [0.3, 0.4) is 0 Å². The van der Waals surface area contributed by atoms with Crippen molar-refractivity contribution in [3.8, 4) is 0 Å². The van der Waals surface area contributed by atoms with Crippen LogP contribution in [0.2, 0.25) is 0 Å². The van der Waals surface area contributed by atoms with Crippen LogP contribution >= 0.6 is 0 Å². The fourth-order valence-corrected chi connectivity index (χ4v) is 3.33. The Bertz CT molecular complexity index is 348. The Morgan fingerprint density at radius 2 is 1.84 bits per heavy atom. The molecule has 0 saturated heterocycles. The van der Waals surface area contributed by atoms with Crippen LogP contribution in [0.5, 0.6) is 0 Å². The molecular weight excluding hydrogens is 230 g/mol. The van der Waals surface area contributed by atoms with Gasteiger partial charge in [-0.25, -0.2) is 0 Å². The zero-order chi connectivity index (χ0) is 13.5. The van der Waals surface area contributed by atoms with Gasteiger partial charge in [0.2, 0.25) is 0 Å². The van der Waals surface area contributed by atoms with E-state index >= 15 is 0 Å². The lowest BCUT2D eigenvalue weighted by Gasteiger charge is -2.24. The lowest BCUT2D eigenvalue weighted by Crippen LogP contribution is -2.29. The molecule has 0 spiro atoms. The molecule has 0 amide bonds. The topological polar surface area (TPSA) is 12.0 Å². The summed E-state index contributed by atoms with van der Waals surface area (Å²) in [6.07, 6.45) is 8.28. The Kier molecular flexibility index (Phi) is 5.91. The van der Waals surface area contributed by atoms with Crippen LogP contribution in [0.15, 0.2) is 24.3 Å². The smallest absolute Gasteiger partial charge is 0.00147 e. The summed E-state index contributed by atoms with van der Waals surface area (Å²) in [5.41, 5.74) is 2.88. The first-order valence-corrected chi connectivity index (χ1v) is 8.06. The second-order valence-corrected chi connectivity index (χ2v) is 6.20. The predicted octanol–water partition coefficient (Wildman–Crippen LogP) is 4.34. The van der Waals surface area contributed by atoms with Crippen LogP contribution in [0, 0.1) is 18.8 Å². The lowest BCUT2D eigenvalue weighted by atomic mass is 9.85. The maximum absolute atomic E-state index is 3.64. The molecule has 1 aliphatic rings. The van der Waals surface area contributed by atoms with Gasteiger partial charge in [0.15, 0.2) is 0 Å². The maximum atomic E-state index is 3.64. The van der Waals surface area contributed by atoms with Crippen LogP contribution in [0.4, 0.5) is 0 Å². The van der Waals surface area contributed by atoms with Gasteiger partial charge in [-0.15, -0.1) is 0 Å². The van der Waals surface area contributed by atoms with Gasteiger partial charge in [0.05, 0.1) is 0 Å². The first-order chi connectivity index (χ1) is 9.29. The van der Waals surface area contributed by atoms with Crippen molar-refractivity contribution in [2.45, 2.75) is 52.4 Å². The number of benzene rings is 1. The van der Waals surface area contributed by atoms with Crippen molar-refractivity contribution in [2.24, 2.45) is 11.8 Å².